The molecule has 8 nitrogen and oxygen atoms in total. The molecule has 0 amide bonds. The maximum atomic E-state index is 12.1. The third-order valence-electron chi connectivity index (χ3n) is 4.77. The fourth-order valence-electron chi connectivity index (χ4n) is 3.38. The Hall–Kier alpha value is -4.59. The quantitative estimate of drug-likeness (QED) is 0.252. The lowest BCUT2D eigenvalue weighted by Gasteiger charge is -2.11. The molecule has 1 heterocycles. The third-order valence-corrected chi connectivity index (χ3v) is 4.77. The van der Waals surface area contributed by atoms with Gasteiger partial charge in [-0.15, -0.1) is 0 Å². The fourth-order valence-corrected chi connectivity index (χ4v) is 3.38. The molecule has 1 aromatic heterocycles. The van der Waals surface area contributed by atoms with Gasteiger partial charge in [-0.05, 0) is 11.6 Å². The van der Waals surface area contributed by atoms with Crippen LogP contribution in [-0.4, -0.2) is 19.9 Å². The van der Waals surface area contributed by atoms with Crippen molar-refractivity contribution in [3.05, 3.63) is 110 Å². The van der Waals surface area contributed by atoms with E-state index in [1.54, 1.807) is 60.7 Å². The number of aromatic nitrogens is 1. The Bertz CT molecular complexity index is 1340. The summed E-state index contributed by atoms with van der Waals surface area (Å²) in [5, 5.41) is 34.2. The summed E-state index contributed by atoms with van der Waals surface area (Å²) in [4.78, 5) is 26.6. The number of rotatable bonds is 5. The van der Waals surface area contributed by atoms with Crippen LogP contribution in [0.25, 0.3) is 33.9 Å². The molecule has 0 bridgehead atoms. The second-order valence-corrected chi connectivity index (χ2v) is 6.70. The smallest absolute Gasteiger partial charge is 0.303 e. The highest BCUT2D eigenvalue weighted by molar-refractivity contribution is 6.02. The number of benzene rings is 3. The van der Waals surface area contributed by atoms with E-state index < -0.39 is 9.85 Å². The number of nitrogens with zero attached hydrogens (tertiary/aromatic N) is 3. The van der Waals surface area contributed by atoms with E-state index >= 15 is 0 Å². The summed E-state index contributed by atoms with van der Waals surface area (Å²) in [5.74, 6) is -0.184. The van der Waals surface area contributed by atoms with E-state index in [1.807, 2.05) is 0 Å². The fraction of sp³-hybridized carbons (Fsp3) is 0. The summed E-state index contributed by atoms with van der Waals surface area (Å²) in [6.07, 6.45) is 1.24. The van der Waals surface area contributed by atoms with Crippen molar-refractivity contribution in [2.75, 3.05) is 0 Å². The monoisotopic (exact) mass is 413 g/mol. The van der Waals surface area contributed by atoms with Crippen LogP contribution in [0, 0.1) is 20.2 Å². The third kappa shape index (κ3) is 3.82. The van der Waals surface area contributed by atoms with Gasteiger partial charge in [0.05, 0.1) is 20.9 Å². The number of aliphatic hydroxyl groups is 1. The molecule has 152 valence electrons. The molecule has 0 radical (unpaired) electrons. The first-order chi connectivity index (χ1) is 15.0. The molecule has 4 aromatic rings. The van der Waals surface area contributed by atoms with Crippen LogP contribution in [0.1, 0.15) is 11.3 Å². The van der Waals surface area contributed by atoms with Gasteiger partial charge in [-0.3, -0.25) is 20.2 Å². The van der Waals surface area contributed by atoms with Gasteiger partial charge < -0.3 is 5.11 Å². The van der Waals surface area contributed by atoms with Crippen LogP contribution in [0.3, 0.4) is 0 Å². The molecular weight excluding hydrogens is 398 g/mol. The highest BCUT2D eigenvalue weighted by atomic mass is 16.6. The second kappa shape index (κ2) is 8.03. The Morgan fingerprint density at radius 2 is 1.52 bits per heavy atom. The standard InChI is InChI=1S/C23H15N3O5/c27-21(15-7-3-1-4-8-15)14-20-23(26(30)31)22(16-9-5-2-6-10-16)18-13-17(25(28)29)11-12-19(18)24-20/h1-14,27H. The number of aliphatic hydroxyl groups excluding tert-OH is 1. The van der Waals surface area contributed by atoms with Gasteiger partial charge in [-0.2, -0.15) is 0 Å². The molecule has 0 aliphatic rings. The lowest BCUT2D eigenvalue weighted by Crippen LogP contribution is -2.01. The number of nitro groups is 2. The Balaban J connectivity index is 2.08. The summed E-state index contributed by atoms with van der Waals surface area (Å²) >= 11 is 0. The van der Waals surface area contributed by atoms with Gasteiger partial charge in [-0.1, -0.05) is 60.7 Å². The lowest BCUT2D eigenvalue weighted by molar-refractivity contribution is -0.385. The topological polar surface area (TPSA) is 119 Å². The van der Waals surface area contributed by atoms with Crippen LogP contribution >= 0.6 is 0 Å². The largest absolute Gasteiger partial charge is 0.507 e. The summed E-state index contributed by atoms with van der Waals surface area (Å²) in [6.45, 7) is 0. The van der Waals surface area contributed by atoms with Gasteiger partial charge in [0.2, 0.25) is 0 Å². The molecule has 31 heavy (non-hydrogen) atoms. The average Bonchev–Trinajstić information content (AvgIpc) is 2.78. The van der Waals surface area contributed by atoms with Crippen LogP contribution in [-0.2, 0) is 0 Å². The Kier molecular flexibility index (Phi) is 5.11. The number of fused-ring (bicyclic) bond motifs is 1. The molecule has 4 rings (SSSR count). The molecule has 0 fully saturated rings. The average molecular weight is 413 g/mol. The van der Waals surface area contributed by atoms with Crippen LogP contribution < -0.4 is 0 Å². The Morgan fingerprint density at radius 3 is 2.13 bits per heavy atom. The Morgan fingerprint density at radius 1 is 0.871 bits per heavy atom. The second-order valence-electron chi connectivity index (χ2n) is 6.70. The lowest BCUT2D eigenvalue weighted by atomic mass is 9.97. The molecule has 0 saturated heterocycles. The summed E-state index contributed by atoms with van der Waals surface area (Å²) < 4.78 is 0. The van der Waals surface area contributed by atoms with Crippen LogP contribution in [0.4, 0.5) is 11.4 Å². The van der Waals surface area contributed by atoms with E-state index in [-0.39, 0.29) is 33.8 Å². The van der Waals surface area contributed by atoms with Gasteiger partial charge >= 0.3 is 5.69 Å². The summed E-state index contributed by atoms with van der Waals surface area (Å²) in [6, 6.07) is 21.2. The van der Waals surface area contributed by atoms with Crippen LogP contribution in [0.2, 0.25) is 0 Å². The molecule has 0 spiro atoms. The van der Waals surface area contributed by atoms with Gasteiger partial charge in [0, 0.05) is 29.2 Å². The van der Waals surface area contributed by atoms with Gasteiger partial charge in [0.15, 0.2) is 0 Å². The molecule has 1 N–H and O–H groups in total. The van der Waals surface area contributed by atoms with E-state index in [1.165, 1.54) is 24.3 Å². The number of hydrogen-bond acceptors (Lipinski definition) is 6. The molecule has 0 aliphatic carbocycles. The number of hydrogen-bond donors (Lipinski definition) is 1. The summed E-state index contributed by atoms with van der Waals surface area (Å²) in [7, 11) is 0. The predicted molar refractivity (Wildman–Crippen MR) is 117 cm³/mol. The van der Waals surface area contributed by atoms with Gasteiger partial charge in [-0.25, -0.2) is 4.98 Å². The molecule has 0 unspecified atom stereocenters. The van der Waals surface area contributed by atoms with E-state index in [0.29, 0.717) is 16.6 Å². The minimum atomic E-state index is -0.586. The first-order valence-electron chi connectivity index (χ1n) is 9.24. The van der Waals surface area contributed by atoms with Gasteiger partial charge in [0.25, 0.3) is 5.69 Å². The highest BCUT2D eigenvalue weighted by Crippen LogP contribution is 2.40. The maximum Gasteiger partial charge on any atom is 0.303 e. The highest BCUT2D eigenvalue weighted by Gasteiger charge is 2.26. The normalized spacial score (nSPS) is 11.4. The molecular formula is C23H15N3O5. The zero-order chi connectivity index (χ0) is 22.0. The zero-order valence-corrected chi connectivity index (χ0v) is 16.0. The Labute approximate surface area is 176 Å². The minimum absolute atomic E-state index is 0.0495. The molecule has 0 aliphatic heterocycles. The van der Waals surface area contributed by atoms with Crippen molar-refractivity contribution >= 4 is 34.1 Å². The number of non-ortho nitro benzene ring substituents is 1. The van der Waals surface area contributed by atoms with Crippen molar-refractivity contribution < 1.29 is 15.0 Å². The summed E-state index contributed by atoms with van der Waals surface area (Å²) in [5.41, 5.74) is 0.928. The van der Waals surface area contributed by atoms with Crippen molar-refractivity contribution in [2.45, 2.75) is 0 Å². The number of pyridine rings is 1. The SMILES string of the molecule is O=[N+]([O-])c1ccc2nc(C=C(O)c3ccccc3)c([N+](=O)[O-])c(-c3ccccc3)c2c1. The molecule has 0 saturated carbocycles. The first-order valence-corrected chi connectivity index (χ1v) is 9.24. The van der Waals surface area contributed by atoms with Crippen molar-refractivity contribution in [1.29, 1.82) is 0 Å². The zero-order valence-electron chi connectivity index (χ0n) is 16.0. The van der Waals surface area contributed by atoms with Gasteiger partial charge in [0.1, 0.15) is 11.5 Å². The number of nitro benzene ring substituents is 1. The van der Waals surface area contributed by atoms with Crippen molar-refractivity contribution in [2.24, 2.45) is 0 Å². The predicted octanol–water partition coefficient (Wildman–Crippen LogP) is 5.77. The van der Waals surface area contributed by atoms with E-state index in [2.05, 4.69) is 4.98 Å². The van der Waals surface area contributed by atoms with Crippen LogP contribution in [0.5, 0.6) is 0 Å². The molecule has 0 atom stereocenters. The van der Waals surface area contributed by atoms with E-state index in [4.69, 9.17) is 0 Å². The van der Waals surface area contributed by atoms with Crippen molar-refractivity contribution in [3.8, 4) is 11.1 Å². The van der Waals surface area contributed by atoms with Crippen LogP contribution in [0.15, 0.2) is 78.9 Å². The van der Waals surface area contributed by atoms with Crippen molar-refractivity contribution in [1.82, 2.24) is 4.98 Å². The van der Waals surface area contributed by atoms with E-state index in [0.717, 1.165) is 0 Å². The maximum absolute atomic E-state index is 12.1. The molecule has 8 heteroatoms. The minimum Gasteiger partial charge on any atom is -0.507 e. The molecule has 3 aromatic carbocycles. The van der Waals surface area contributed by atoms with Crippen molar-refractivity contribution in [3.63, 3.8) is 0 Å². The first kappa shape index (κ1) is 19.7. The van der Waals surface area contributed by atoms with E-state index in [9.17, 15) is 25.3 Å².